The molecule has 0 aliphatic rings. The molecule has 4 N–H and O–H groups in total. The Balaban J connectivity index is 2.67. The molecule has 18 heavy (non-hydrogen) atoms. The van der Waals surface area contributed by atoms with E-state index in [0.717, 1.165) is 5.69 Å². The number of carbonyl (C=O) groups excluding carboxylic acids is 1. The van der Waals surface area contributed by atoms with Crippen LogP contribution in [0.4, 0.5) is 11.4 Å². The van der Waals surface area contributed by atoms with Crippen LogP contribution in [0.2, 0.25) is 0 Å². The van der Waals surface area contributed by atoms with E-state index >= 15 is 0 Å². The molecule has 5 heteroatoms. The van der Waals surface area contributed by atoms with E-state index in [1.807, 2.05) is 25.1 Å². The highest BCUT2D eigenvalue weighted by Crippen LogP contribution is 2.22. The second-order valence-electron chi connectivity index (χ2n) is 4.56. The SMILES string of the molecule is CC(O)CCNC(=O)c1ccc(N(C)C)c(N)c1. The van der Waals surface area contributed by atoms with Gasteiger partial charge in [0.15, 0.2) is 0 Å². The fourth-order valence-corrected chi connectivity index (χ4v) is 1.60. The van der Waals surface area contributed by atoms with Gasteiger partial charge in [0.1, 0.15) is 0 Å². The minimum atomic E-state index is -0.411. The van der Waals surface area contributed by atoms with Crippen LogP contribution in [-0.2, 0) is 0 Å². The van der Waals surface area contributed by atoms with Crippen molar-refractivity contribution in [2.75, 3.05) is 31.3 Å². The fraction of sp³-hybridized carbons (Fsp3) is 0.462. The Bertz CT molecular complexity index is 417. The number of nitrogens with two attached hydrogens (primary N) is 1. The lowest BCUT2D eigenvalue weighted by atomic mass is 10.1. The standard InChI is InChI=1S/C13H21N3O2/c1-9(17)6-7-15-13(18)10-4-5-12(16(2)3)11(14)8-10/h4-5,8-9,17H,6-7,14H2,1-3H3,(H,15,18). The summed E-state index contributed by atoms with van der Waals surface area (Å²) in [5, 5.41) is 11.8. The lowest BCUT2D eigenvalue weighted by Crippen LogP contribution is -2.26. The molecular weight excluding hydrogens is 230 g/mol. The number of carbonyl (C=O) groups is 1. The highest BCUT2D eigenvalue weighted by atomic mass is 16.3. The Morgan fingerprint density at radius 1 is 1.50 bits per heavy atom. The van der Waals surface area contributed by atoms with Crippen LogP contribution in [0.15, 0.2) is 18.2 Å². The first-order chi connectivity index (χ1) is 8.41. The van der Waals surface area contributed by atoms with Gasteiger partial charge in [-0.2, -0.15) is 0 Å². The molecule has 0 bridgehead atoms. The number of nitrogens with one attached hydrogen (secondary N) is 1. The number of benzene rings is 1. The molecule has 0 saturated heterocycles. The maximum Gasteiger partial charge on any atom is 0.251 e. The van der Waals surface area contributed by atoms with Crippen molar-refractivity contribution >= 4 is 17.3 Å². The summed E-state index contributed by atoms with van der Waals surface area (Å²) in [4.78, 5) is 13.7. The van der Waals surface area contributed by atoms with Gasteiger partial charge in [-0.25, -0.2) is 0 Å². The zero-order chi connectivity index (χ0) is 13.7. The molecule has 0 spiro atoms. The van der Waals surface area contributed by atoms with Gasteiger partial charge in [-0.1, -0.05) is 0 Å². The van der Waals surface area contributed by atoms with Crippen LogP contribution < -0.4 is 16.0 Å². The zero-order valence-electron chi connectivity index (χ0n) is 11.1. The number of aliphatic hydroxyl groups excluding tert-OH is 1. The molecule has 100 valence electrons. The lowest BCUT2D eigenvalue weighted by molar-refractivity contribution is 0.0945. The molecule has 0 aliphatic carbocycles. The number of nitrogen functional groups attached to an aromatic ring is 1. The third kappa shape index (κ3) is 3.92. The number of hydrogen-bond donors (Lipinski definition) is 3. The van der Waals surface area contributed by atoms with Crippen molar-refractivity contribution in [3.05, 3.63) is 23.8 Å². The summed E-state index contributed by atoms with van der Waals surface area (Å²) in [6.07, 6.45) is 0.128. The third-order valence-corrected chi connectivity index (χ3v) is 2.62. The molecule has 0 aromatic heterocycles. The summed E-state index contributed by atoms with van der Waals surface area (Å²) >= 11 is 0. The van der Waals surface area contributed by atoms with E-state index in [-0.39, 0.29) is 5.91 Å². The molecule has 0 saturated carbocycles. The Hall–Kier alpha value is -1.75. The van der Waals surface area contributed by atoms with Crippen molar-refractivity contribution in [3.63, 3.8) is 0 Å². The smallest absolute Gasteiger partial charge is 0.251 e. The van der Waals surface area contributed by atoms with Crippen LogP contribution >= 0.6 is 0 Å². The quantitative estimate of drug-likeness (QED) is 0.677. The van der Waals surface area contributed by atoms with Crippen molar-refractivity contribution in [3.8, 4) is 0 Å². The number of hydrogen-bond acceptors (Lipinski definition) is 4. The van der Waals surface area contributed by atoms with Gasteiger partial charge in [0.05, 0.1) is 17.5 Å². The summed E-state index contributed by atoms with van der Waals surface area (Å²) < 4.78 is 0. The highest BCUT2D eigenvalue weighted by molar-refractivity contribution is 5.96. The molecule has 1 aromatic rings. The van der Waals surface area contributed by atoms with E-state index in [0.29, 0.717) is 24.2 Å². The van der Waals surface area contributed by atoms with Crippen LogP contribution in [-0.4, -0.2) is 37.8 Å². The molecule has 0 fully saturated rings. The van der Waals surface area contributed by atoms with Crippen LogP contribution in [0.1, 0.15) is 23.7 Å². The van der Waals surface area contributed by atoms with Crippen molar-refractivity contribution in [1.29, 1.82) is 0 Å². The second kappa shape index (κ2) is 6.26. The Morgan fingerprint density at radius 2 is 2.17 bits per heavy atom. The van der Waals surface area contributed by atoms with Gasteiger partial charge < -0.3 is 21.1 Å². The molecule has 0 heterocycles. The van der Waals surface area contributed by atoms with Gasteiger partial charge in [-0.3, -0.25) is 4.79 Å². The molecule has 1 aromatic carbocycles. The minimum absolute atomic E-state index is 0.173. The average molecular weight is 251 g/mol. The first-order valence-electron chi connectivity index (χ1n) is 5.95. The third-order valence-electron chi connectivity index (χ3n) is 2.62. The molecule has 0 aliphatic heterocycles. The molecule has 1 amide bonds. The van der Waals surface area contributed by atoms with Crippen molar-refractivity contribution in [2.24, 2.45) is 0 Å². The monoisotopic (exact) mass is 251 g/mol. The predicted molar refractivity (Wildman–Crippen MR) is 73.8 cm³/mol. The summed E-state index contributed by atoms with van der Waals surface area (Å²) in [7, 11) is 3.79. The van der Waals surface area contributed by atoms with Crippen LogP contribution in [0.25, 0.3) is 0 Å². The lowest BCUT2D eigenvalue weighted by Gasteiger charge is -2.16. The topological polar surface area (TPSA) is 78.6 Å². The van der Waals surface area contributed by atoms with E-state index in [2.05, 4.69) is 5.32 Å². The maximum atomic E-state index is 11.8. The summed E-state index contributed by atoms with van der Waals surface area (Å²) in [5.41, 5.74) is 7.86. The molecule has 0 radical (unpaired) electrons. The molecule has 1 atom stereocenters. The molecule has 1 unspecified atom stereocenters. The summed E-state index contributed by atoms with van der Waals surface area (Å²) in [6, 6.07) is 5.22. The number of nitrogens with zero attached hydrogens (tertiary/aromatic N) is 1. The van der Waals surface area contributed by atoms with Crippen LogP contribution in [0.3, 0.4) is 0 Å². The maximum absolute atomic E-state index is 11.8. The van der Waals surface area contributed by atoms with Crippen LogP contribution in [0, 0.1) is 0 Å². The van der Waals surface area contributed by atoms with Crippen molar-refractivity contribution in [2.45, 2.75) is 19.4 Å². The van der Waals surface area contributed by atoms with Gasteiger partial charge in [0, 0.05) is 26.2 Å². The van der Waals surface area contributed by atoms with Gasteiger partial charge >= 0.3 is 0 Å². The normalized spacial score (nSPS) is 12.0. The summed E-state index contributed by atoms with van der Waals surface area (Å²) in [5.74, 6) is -0.173. The number of amides is 1. The zero-order valence-corrected chi connectivity index (χ0v) is 11.1. The Labute approximate surface area is 108 Å². The van der Waals surface area contributed by atoms with E-state index < -0.39 is 6.10 Å². The first kappa shape index (κ1) is 14.3. The highest BCUT2D eigenvalue weighted by Gasteiger charge is 2.09. The fourth-order valence-electron chi connectivity index (χ4n) is 1.60. The molecular formula is C13H21N3O2. The van der Waals surface area contributed by atoms with Crippen molar-refractivity contribution in [1.82, 2.24) is 5.32 Å². The van der Waals surface area contributed by atoms with E-state index in [1.165, 1.54) is 0 Å². The number of rotatable bonds is 5. The predicted octanol–water partition coefficient (Wildman–Crippen LogP) is 0.836. The van der Waals surface area contributed by atoms with E-state index in [9.17, 15) is 4.79 Å². The average Bonchev–Trinajstić information content (AvgIpc) is 2.27. The number of aliphatic hydroxyl groups is 1. The number of anilines is 2. The Morgan fingerprint density at radius 3 is 2.67 bits per heavy atom. The van der Waals surface area contributed by atoms with Crippen molar-refractivity contribution < 1.29 is 9.90 Å². The van der Waals surface area contributed by atoms with Gasteiger partial charge in [0.2, 0.25) is 0 Å². The first-order valence-corrected chi connectivity index (χ1v) is 5.95. The molecule has 5 nitrogen and oxygen atoms in total. The van der Waals surface area contributed by atoms with Gasteiger partial charge in [0.25, 0.3) is 5.91 Å². The van der Waals surface area contributed by atoms with E-state index in [4.69, 9.17) is 10.8 Å². The van der Waals surface area contributed by atoms with E-state index in [1.54, 1.807) is 19.1 Å². The summed E-state index contributed by atoms with van der Waals surface area (Å²) in [6.45, 7) is 2.14. The molecule has 1 rings (SSSR count). The van der Waals surface area contributed by atoms with Gasteiger partial charge in [-0.15, -0.1) is 0 Å². The minimum Gasteiger partial charge on any atom is -0.397 e. The van der Waals surface area contributed by atoms with Gasteiger partial charge in [-0.05, 0) is 31.5 Å². The Kier molecular flexibility index (Phi) is 4.97. The second-order valence-corrected chi connectivity index (χ2v) is 4.56. The largest absolute Gasteiger partial charge is 0.397 e. The van der Waals surface area contributed by atoms with Crippen LogP contribution in [0.5, 0.6) is 0 Å².